The average molecular weight is 656 g/mol. The fourth-order valence-electron chi connectivity index (χ4n) is 4.02. The molecule has 4 rings (SSSR count). The third kappa shape index (κ3) is 5.44. The topological polar surface area (TPSA) is 93.8 Å². The van der Waals surface area contributed by atoms with Crippen LogP contribution in [0.3, 0.4) is 0 Å². The summed E-state index contributed by atoms with van der Waals surface area (Å²) >= 11 is 10.3. The average Bonchev–Trinajstić information content (AvgIpc) is 2.81. The molecule has 0 spiro atoms. The number of rotatable bonds is 6. The Labute approximate surface area is 221 Å². The largest absolute Gasteiger partial charge is 0.479 e. The van der Waals surface area contributed by atoms with Crippen LogP contribution in [-0.4, -0.2) is 33.1 Å². The van der Waals surface area contributed by atoms with Crippen molar-refractivity contribution >= 4 is 70.9 Å². The first-order chi connectivity index (χ1) is 16.2. The van der Waals surface area contributed by atoms with Crippen molar-refractivity contribution in [2.45, 2.75) is 51.0 Å². The molecule has 1 fully saturated rings. The van der Waals surface area contributed by atoms with E-state index in [-0.39, 0.29) is 11.5 Å². The Morgan fingerprint density at radius 1 is 1.18 bits per heavy atom. The molecule has 2 aromatic carbocycles. The molecule has 0 radical (unpaired) electrons. The summed E-state index contributed by atoms with van der Waals surface area (Å²) in [5, 5.41) is 14.2. The van der Waals surface area contributed by atoms with Gasteiger partial charge in [-0.1, -0.05) is 35.2 Å². The van der Waals surface area contributed by atoms with E-state index < -0.39 is 12.1 Å². The summed E-state index contributed by atoms with van der Waals surface area (Å²) in [7, 11) is 0. The van der Waals surface area contributed by atoms with Crippen LogP contribution in [0, 0.1) is 0 Å². The molecule has 0 unspecified atom stereocenters. The van der Waals surface area contributed by atoms with E-state index >= 15 is 0 Å². The summed E-state index contributed by atoms with van der Waals surface area (Å²) in [5.41, 5.74) is 1.15. The molecule has 0 bridgehead atoms. The normalized spacial score (nSPS) is 15.6. The molecule has 10 heteroatoms. The van der Waals surface area contributed by atoms with Gasteiger partial charge in [-0.25, -0.2) is 9.78 Å². The van der Waals surface area contributed by atoms with Crippen LogP contribution >= 0.6 is 47.8 Å². The minimum absolute atomic E-state index is 0.179. The monoisotopic (exact) mass is 653 g/mol. The number of hydrogen-bond acceptors (Lipinski definition) is 5. The number of benzene rings is 2. The number of hydrogen-bond donors (Lipinski definition) is 1. The number of nitrogens with zero attached hydrogens (tertiary/aromatic N) is 3. The van der Waals surface area contributed by atoms with Crippen molar-refractivity contribution in [2.24, 2.45) is 5.10 Å². The van der Waals surface area contributed by atoms with Gasteiger partial charge in [0.15, 0.2) is 6.10 Å². The molecule has 178 valence electrons. The Morgan fingerprint density at radius 2 is 1.85 bits per heavy atom. The molecule has 0 amide bonds. The van der Waals surface area contributed by atoms with Gasteiger partial charge in [-0.15, -0.1) is 0 Å². The van der Waals surface area contributed by atoms with E-state index in [4.69, 9.17) is 14.8 Å². The van der Waals surface area contributed by atoms with E-state index in [9.17, 15) is 9.59 Å². The first kappa shape index (κ1) is 25.1. The van der Waals surface area contributed by atoms with Crippen molar-refractivity contribution in [3.63, 3.8) is 0 Å². The highest BCUT2D eigenvalue weighted by atomic mass is 79.9. The number of aliphatic carboxylic acids is 1. The molecule has 1 aromatic heterocycles. The molecule has 1 N–H and O–H groups in total. The first-order valence-electron chi connectivity index (χ1n) is 10.9. The fraction of sp³-hybridized carbons (Fsp3) is 0.333. The van der Waals surface area contributed by atoms with Crippen LogP contribution in [0.25, 0.3) is 10.9 Å². The van der Waals surface area contributed by atoms with E-state index in [1.54, 1.807) is 24.4 Å². The molecule has 7 nitrogen and oxygen atoms in total. The third-order valence-corrected chi connectivity index (χ3v) is 7.46. The minimum atomic E-state index is -1.06. The Hall–Kier alpha value is -2.04. The molecule has 1 saturated carbocycles. The van der Waals surface area contributed by atoms with Crippen LogP contribution in [0.1, 0.15) is 56.3 Å². The smallest absolute Gasteiger partial charge is 0.344 e. The van der Waals surface area contributed by atoms with Crippen LogP contribution in [0.5, 0.6) is 5.75 Å². The standard InChI is InChI=1S/C24H22Br3N3O4/c1-13(24(32)33)34-21-18(26)9-14(10-19(21)27)12-28-30-22(15-5-3-2-4-6-15)29-20-8-7-16(25)11-17(20)23(30)31/h7-13,15H,2-6H2,1H3,(H,32,33)/t13-/m0/s1. The molecular formula is C24H22Br3N3O4. The highest BCUT2D eigenvalue weighted by Crippen LogP contribution is 2.35. The summed E-state index contributed by atoms with van der Waals surface area (Å²) in [6.45, 7) is 1.46. The summed E-state index contributed by atoms with van der Waals surface area (Å²) in [4.78, 5) is 29.4. The van der Waals surface area contributed by atoms with Crippen LogP contribution in [0.15, 0.2) is 53.6 Å². The van der Waals surface area contributed by atoms with Crippen molar-refractivity contribution in [3.8, 4) is 5.75 Å². The number of carbonyl (C=O) groups is 1. The quantitative estimate of drug-likeness (QED) is 0.308. The molecule has 3 aromatic rings. The molecule has 1 aliphatic carbocycles. The number of carboxylic acid groups (broad SMARTS) is 1. The van der Waals surface area contributed by atoms with Crippen LogP contribution in [-0.2, 0) is 4.79 Å². The number of ether oxygens (including phenoxy) is 1. The van der Waals surface area contributed by atoms with Crippen molar-refractivity contribution in [2.75, 3.05) is 0 Å². The minimum Gasteiger partial charge on any atom is -0.479 e. The van der Waals surface area contributed by atoms with Gasteiger partial charge in [0.25, 0.3) is 5.56 Å². The van der Waals surface area contributed by atoms with Gasteiger partial charge in [0.2, 0.25) is 0 Å². The zero-order valence-electron chi connectivity index (χ0n) is 18.3. The molecule has 1 aliphatic rings. The molecular weight excluding hydrogens is 634 g/mol. The van der Waals surface area contributed by atoms with Gasteiger partial charge in [0.1, 0.15) is 11.6 Å². The first-order valence-corrected chi connectivity index (χ1v) is 13.3. The second-order valence-corrected chi connectivity index (χ2v) is 10.9. The lowest BCUT2D eigenvalue weighted by atomic mass is 9.88. The van der Waals surface area contributed by atoms with E-state index in [1.807, 2.05) is 12.1 Å². The SMILES string of the molecule is C[C@H](Oc1c(Br)cc(C=Nn2c(C3CCCCC3)nc3ccc(Br)cc3c2=O)cc1Br)C(=O)O. The number of halogens is 3. The van der Waals surface area contributed by atoms with Crippen molar-refractivity contribution in [1.29, 1.82) is 0 Å². The van der Waals surface area contributed by atoms with Crippen molar-refractivity contribution in [1.82, 2.24) is 9.66 Å². The van der Waals surface area contributed by atoms with Crippen LogP contribution < -0.4 is 10.3 Å². The molecule has 0 saturated heterocycles. The van der Waals surface area contributed by atoms with E-state index in [1.165, 1.54) is 18.0 Å². The Kier molecular flexibility index (Phi) is 7.89. The summed E-state index contributed by atoms with van der Waals surface area (Å²) < 4.78 is 8.88. The van der Waals surface area contributed by atoms with Crippen LogP contribution in [0.4, 0.5) is 0 Å². The van der Waals surface area contributed by atoms with Gasteiger partial charge in [0.05, 0.1) is 26.1 Å². The fourth-order valence-corrected chi connectivity index (χ4v) is 5.79. The number of aromatic nitrogens is 2. The van der Waals surface area contributed by atoms with Crippen molar-refractivity contribution < 1.29 is 14.6 Å². The highest BCUT2D eigenvalue weighted by Gasteiger charge is 2.23. The van der Waals surface area contributed by atoms with E-state index in [0.717, 1.165) is 30.2 Å². The Balaban J connectivity index is 1.76. The Bertz CT molecular complexity index is 1310. The number of carboxylic acids is 1. The second kappa shape index (κ2) is 10.7. The zero-order valence-corrected chi connectivity index (χ0v) is 23.1. The summed E-state index contributed by atoms with van der Waals surface area (Å²) in [5.74, 6) is 0.182. The van der Waals surface area contributed by atoms with Crippen molar-refractivity contribution in [3.05, 3.63) is 65.5 Å². The van der Waals surface area contributed by atoms with E-state index in [2.05, 4.69) is 52.9 Å². The molecule has 1 heterocycles. The van der Waals surface area contributed by atoms with Gasteiger partial charge < -0.3 is 9.84 Å². The second-order valence-electron chi connectivity index (χ2n) is 8.24. The third-order valence-electron chi connectivity index (χ3n) is 5.79. The lowest BCUT2D eigenvalue weighted by molar-refractivity contribution is -0.144. The Morgan fingerprint density at radius 3 is 2.50 bits per heavy atom. The molecule has 34 heavy (non-hydrogen) atoms. The lowest BCUT2D eigenvalue weighted by Gasteiger charge is -2.22. The van der Waals surface area contributed by atoms with Crippen LogP contribution in [0.2, 0.25) is 0 Å². The van der Waals surface area contributed by atoms with Gasteiger partial charge in [-0.2, -0.15) is 9.78 Å². The lowest BCUT2D eigenvalue weighted by Crippen LogP contribution is -2.25. The van der Waals surface area contributed by atoms with Gasteiger partial charge in [-0.05, 0) is 87.5 Å². The van der Waals surface area contributed by atoms with Gasteiger partial charge >= 0.3 is 5.97 Å². The molecule has 1 atom stereocenters. The maximum absolute atomic E-state index is 13.4. The number of fused-ring (bicyclic) bond motifs is 1. The van der Waals surface area contributed by atoms with Gasteiger partial charge in [0, 0.05) is 10.4 Å². The summed E-state index contributed by atoms with van der Waals surface area (Å²) in [6.07, 6.45) is 5.97. The molecule has 0 aliphatic heterocycles. The van der Waals surface area contributed by atoms with E-state index in [0.29, 0.717) is 37.0 Å². The highest BCUT2D eigenvalue weighted by molar-refractivity contribution is 9.11. The predicted molar refractivity (Wildman–Crippen MR) is 142 cm³/mol. The maximum atomic E-state index is 13.4. The maximum Gasteiger partial charge on any atom is 0.344 e. The summed E-state index contributed by atoms with van der Waals surface area (Å²) in [6, 6.07) is 9.02. The van der Waals surface area contributed by atoms with Gasteiger partial charge in [-0.3, -0.25) is 4.79 Å². The predicted octanol–water partition coefficient (Wildman–Crippen LogP) is 6.47. The zero-order chi connectivity index (χ0) is 24.4.